The number of carbonyl (C=O) groups excluding carboxylic acids is 1. The SMILES string of the molecule is CCOC(=O)c1ncoc1-c1ccc(N=Nc2ccccc2)cc1. The van der Waals surface area contributed by atoms with Gasteiger partial charge in [0.1, 0.15) is 0 Å². The van der Waals surface area contributed by atoms with Gasteiger partial charge in [-0.05, 0) is 43.3 Å². The second kappa shape index (κ2) is 7.32. The minimum Gasteiger partial charge on any atom is -0.461 e. The van der Waals surface area contributed by atoms with Crippen LogP contribution in [0.25, 0.3) is 11.3 Å². The van der Waals surface area contributed by atoms with Gasteiger partial charge in [0.05, 0.1) is 18.0 Å². The standard InChI is InChI=1S/C18H15N3O3/c1-2-23-18(22)16-17(24-12-19-16)13-8-10-15(11-9-13)21-20-14-6-4-3-5-7-14/h3-12H,2H2,1H3. The van der Waals surface area contributed by atoms with Gasteiger partial charge >= 0.3 is 5.97 Å². The van der Waals surface area contributed by atoms with Crippen LogP contribution in [0.5, 0.6) is 0 Å². The zero-order chi connectivity index (χ0) is 16.8. The van der Waals surface area contributed by atoms with Gasteiger partial charge < -0.3 is 9.15 Å². The van der Waals surface area contributed by atoms with Crippen LogP contribution in [-0.2, 0) is 4.74 Å². The summed E-state index contributed by atoms with van der Waals surface area (Å²) in [5.41, 5.74) is 2.35. The average Bonchev–Trinajstić information content (AvgIpc) is 3.11. The van der Waals surface area contributed by atoms with Crippen molar-refractivity contribution in [2.24, 2.45) is 10.2 Å². The number of esters is 1. The minimum absolute atomic E-state index is 0.163. The fourth-order valence-corrected chi connectivity index (χ4v) is 2.09. The number of nitrogens with zero attached hydrogens (tertiary/aromatic N) is 3. The number of azo groups is 1. The lowest BCUT2D eigenvalue weighted by Gasteiger charge is -2.01. The van der Waals surface area contributed by atoms with Crippen LogP contribution in [0.15, 0.2) is 75.6 Å². The number of carbonyl (C=O) groups is 1. The first-order valence-corrected chi connectivity index (χ1v) is 7.45. The number of aromatic nitrogens is 1. The lowest BCUT2D eigenvalue weighted by molar-refractivity contribution is 0.0520. The summed E-state index contributed by atoms with van der Waals surface area (Å²) in [6, 6.07) is 16.6. The maximum Gasteiger partial charge on any atom is 0.360 e. The number of benzene rings is 2. The van der Waals surface area contributed by atoms with Crippen LogP contribution in [0.3, 0.4) is 0 Å². The molecule has 6 heteroatoms. The van der Waals surface area contributed by atoms with E-state index in [0.29, 0.717) is 17.0 Å². The number of ether oxygens (including phenoxy) is 1. The summed E-state index contributed by atoms with van der Waals surface area (Å²) in [4.78, 5) is 15.8. The molecule has 1 aromatic heterocycles. The van der Waals surface area contributed by atoms with Gasteiger partial charge in [0.25, 0.3) is 0 Å². The van der Waals surface area contributed by atoms with E-state index in [1.54, 1.807) is 31.2 Å². The number of hydrogen-bond acceptors (Lipinski definition) is 6. The summed E-state index contributed by atoms with van der Waals surface area (Å²) in [6.45, 7) is 2.02. The molecular weight excluding hydrogens is 306 g/mol. The largest absolute Gasteiger partial charge is 0.461 e. The molecule has 24 heavy (non-hydrogen) atoms. The van der Waals surface area contributed by atoms with Gasteiger partial charge in [-0.1, -0.05) is 18.2 Å². The van der Waals surface area contributed by atoms with Crippen molar-refractivity contribution in [2.75, 3.05) is 6.61 Å². The Morgan fingerprint density at radius 2 is 1.71 bits per heavy atom. The van der Waals surface area contributed by atoms with E-state index in [4.69, 9.17) is 9.15 Å². The minimum atomic E-state index is -0.505. The van der Waals surface area contributed by atoms with Gasteiger partial charge in [-0.2, -0.15) is 10.2 Å². The molecule has 0 atom stereocenters. The molecule has 0 radical (unpaired) electrons. The van der Waals surface area contributed by atoms with Crippen LogP contribution in [0.4, 0.5) is 11.4 Å². The van der Waals surface area contributed by atoms with Crippen LogP contribution in [-0.4, -0.2) is 17.6 Å². The summed E-state index contributed by atoms with van der Waals surface area (Å²) < 4.78 is 10.3. The van der Waals surface area contributed by atoms with Gasteiger partial charge in [-0.15, -0.1) is 0 Å². The molecule has 0 aliphatic heterocycles. The molecule has 1 heterocycles. The molecule has 3 aromatic rings. The van der Waals surface area contributed by atoms with Crippen molar-refractivity contribution < 1.29 is 13.9 Å². The van der Waals surface area contributed by atoms with E-state index in [1.807, 2.05) is 30.3 Å². The zero-order valence-corrected chi connectivity index (χ0v) is 13.0. The van der Waals surface area contributed by atoms with Crippen LogP contribution < -0.4 is 0 Å². The van der Waals surface area contributed by atoms with Crippen molar-refractivity contribution >= 4 is 17.3 Å². The first-order valence-electron chi connectivity index (χ1n) is 7.45. The molecule has 2 aromatic carbocycles. The molecule has 0 amide bonds. The van der Waals surface area contributed by atoms with Gasteiger partial charge in [0.15, 0.2) is 17.8 Å². The first kappa shape index (κ1) is 15.6. The summed E-state index contributed by atoms with van der Waals surface area (Å²) in [6.07, 6.45) is 1.23. The molecule has 120 valence electrons. The van der Waals surface area contributed by atoms with Crippen molar-refractivity contribution in [2.45, 2.75) is 6.92 Å². The zero-order valence-electron chi connectivity index (χ0n) is 13.0. The highest BCUT2D eigenvalue weighted by atomic mass is 16.5. The molecule has 0 saturated carbocycles. The fraction of sp³-hybridized carbons (Fsp3) is 0.111. The van der Waals surface area contributed by atoms with E-state index in [9.17, 15) is 4.79 Å². The van der Waals surface area contributed by atoms with Gasteiger partial charge in [0, 0.05) is 5.56 Å². The molecule has 0 saturated heterocycles. The smallest absolute Gasteiger partial charge is 0.360 e. The Bertz CT molecular complexity index is 839. The summed E-state index contributed by atoms with van der Waals surface area (Å²) >= 11 is 0. The van der Waals surface area contributed by atoms with Gasteiger partial charge in [-0.3, -0.25) is 0 Å². The molecule has 0 aliphatic rings. The van der Waals surface area contributed by atoms with E-state index < -0.39 is 5.97 Å². The van der Waals surface area contributed by atoms with Gasteiger partial charge in [0.2, 0.25) is 0 Å². The normalized spacial score (nSPS) is 10.9. The second-order valence-electron chi connectivity index (χ2n) is 4.83. The van der Waals surface area contributed by atoms with Crippen molar-refractivity contribution in [3.05, 3.63) is 66.7 Å². The van der Waals surface area contributed by atoms with Crippen molar-refractivity contribution in [3.8, 4) is 11.3 Å². The summed E-state index contributed by atoms with van der Waals surface area (Å²) in [5, 5.41) is 8.33. The molecule has 0 bridgehead atoms. The fourth-order valence-electron chi connectivity index (χ4n) is 2.09. The number of oxazole rings is 1. The number of hydrogen-bond donors (Lipinski definition) is 0. The van der Waals surface area contributed by atoms with Crippen molar-refractivity contribution in [1.29, 1.82) is 0 Å². The number of rotatable bonds is 5. The van der Waals surface area contributed by atoms with Crippen molar-refractivity contribution in [1.82, 2.24) is 4.98 Å². The predicted molar refractivity (Wildman–Crippen MR) is 88.5 cm³/mol. The first-order chi connectivity index (χ1) is 11.8. The Labute approximate surface area is 138 Å². The van der Waals surface area contributed by atoms with E-state index in [2.05, 4.69) is 15.2 Å². The molecular formula is C18H15N3O3. The molecule has 0 N–H and O–H groups in total. The molecule has 6 nitrogen and oxygen atoms in total. The van der Waals surface area contributed by atoms with Crippen LogP contribution in [0, 0.1) is 0 Å². The second-order valence-corrected chi connectivity index (χ2v) is 4.83. The van der Waals surface area contributed by atoms with E-state index in [1.165, 1.54) is 6.39 Å². The highest BCUT2D eigenvalue weighted by molar-refractivity contribution is 5.93. The highest BCUT2D eigenvalue weighted by Crippen LogP contribution is 2.26. The van der Waals surface area contributed by atoms with Gasteiger partial charge in [-0.25, -0.2) is 9.78 Å². The third-order valence-corrected chi connectivity index (χ3v) is 3.20. The summed E-state index contributed by atoms with van der Waals surface area (Å²) in [5.74, 6) is -0.130. The van der Waals surface area contributed by atoms with Crippen LogP contribution in [0.2, 0.25) is 0 Å². The molecule has 0 spiro atoms. The predicted octanol–water partition coefficient (Wildman–Crippen LogP) is 4.93. The highest BCUT2D eigenvalue weighted by Gasteiger charge is 2.19. The third kappa shape index (κ3) is 3.55. The molecule has 0 unspecified atom stereocenters. The topological polar surface area (TPSA) is 77.0 Å². The molecule has 3 rings (SSSR count). The Morgan fingerprint density at radius 3 is 2.38 bits per heavy atom. The van der Waals surface area contributed by atoms with E-state index >= 15 is 0 Å². The lowest BCUT2D eigenvalue weighted by atomic mass is 10.1. The monoisotopic (exact) mass is 321 g/mol. The average molecular weight is 321 g/mol. The maximum atomic E-state index is 11.8. The third-order valence-electron chi connectivity index (χ3n) is 3.20. The summed E-state index contributed by atoms with van der Waals surface area (Å²) in [7, 11) is 0. The van der Waals surface area contributed by atoms with E-state index in [-0.39, 0.29) is 12.3 Å². The van der Waals surface area contributed by atoms with Crippen LogP contribution in [0.1, 0.15) is 17.4 Å². The van der Waals surface area contributed by atoms with Crippen LogP contribution >= 0.6 is 0 Å². The van der Waals surface area contributed by atoms with E-state index in [0.717, 1.165) is 5.69 Å². The molecule has 0 fully saturated rings. The molecule has 0 aliphatic carbocycles. The Morgan fingerprint density at radius 1 is 1.04 bits per heavy atom. The lowest BCUT2D eigenvalue weighted by Crippen LogP contribution is -2.06. The Kier molecular flexibility index (Phi) is 4.76. The Hall–Kier alpha value is -3.28. The quantitative estimate of drug-likeness (QED) is 0.493. The van der Waals surface area contributed by atoms with Crippen molar-refractivity contribution in [3.63, 3.8) is 0 Å². The Balaban J connectivity index is 1.79. The maximum absolute atomic E-state index is 11.8.